The van der Waals surface area contributed by atoms with E-state index in [2.05, 4.69) is 9.97 Å². The fourth-order valence-corrected chi connectivity index (χ4v) is 0.277. The molecule has 0 atom stereocenters. The van der Waals surface area contributed by atoms with Crippen LogP contribution in [0.25, 0.3) is 0 Å². The lowest BCUT2D eigenvalue weighted by Crippen LogP contribution is -1.83. The standard InChI is InChI=1S/C3H5N3.3ClH.H2O/c4-3-5-1-2-6-3;;;;/h1-2H,(H3,4,5,6);3*1H;1H2. The molecule has 0 aliphatic heterocycles. The van der Waals surface area contributed by atoms with Gasteiger partial charge in [0.2, 0.25) is 0 Å². The maximum Gasteiger partial charge on any atom is 0.197 e. The highest BCUT2D eigenvalue weighted by Gasteiger charge is 1.74. The van der Waals surface area contributed by atoms with Gasteiger partial charge in [-0.2, -0.15) is 0 Å². The molecular weight excluding hydrogens is 200 g/mol. The third-order valence-electron chi connectivity index (χ3n) is 0.519. The highest BCUT2D eigenvalue weighted by molar-refractivity contribution is 5.86. The number of imidazole rings is 1. The quantitative estimate of drug-likeness (QED) is 0.651. The molecule has 0 radical (unpaired) electrons. The van der Waals surface area contributed by atoms with E-state index in [-0.39, 0.29) is 42.7 Å². The number of halogens is 3. The molecule has 1 aromatic heterocycles. The lowest BCUT2D eigenvalue weighted by Gasteiger charge is -1.70. The number of nitrogens with zero attached hydrogens (tertiary/aromatic N) is 1. The molecule has 1 rings (SSSR count). The Morgan fingerprint density at radius 3 is 1.90 bits per heavy atom. The lowest BCUT2D eigenvalue weighted by atomic mass is 11.0. The average molecular weight is 210 g/mol. The molecule has 4 nitrogen and oxygen atoms in total. The molecule has 1 aromatic rings. The zero-order valence-corrected chi connectivity index (χ0v) is 7.35. The van der Waals surface area contributed by atoms with Crippen molar-refractivity contribution in [3.63, 3.8) is 0 Å². The number of nitrogens with one attached hydrogen (secondary N) is 1. The molecule has 0 saturated heterocycles. The van der Waals surface area contributed by atoms with Gasteiger partial charge in [0.15, 0.2) is 5.95 Å². The number of anilines is 1. The molecule has 1 heterocycles. The second kappa shape index (κ2) is 11.6. The van der Waals surface area contributed by atoms with Gasteiger partial charge in [0.1, 0.15) is 0 Å². The number of rotatable bonds is 0. The summed E-state index contributed by atoms with van der Waals surface area (Å²) < 4.78 is 0. The summed E-state index contributed by atoms with van der Waals surface area (Å²) in [5.74, 6) is 0.468. The van der Waals surface area contributed by atoms with Gasteiger partial charge in [-0.05, 0) is 0 Å². The van der Waals surface area contributed by atoms with Crippen molar-refractivity contribution < 1.29 is 5.48 Å². The molecule has 5 N–H and O–H groups in total. The van der Waals surface area contributed by atoms with Gasteiger partial charge in [-0.25, -0.2) is 4.98 Å². The molecule has 0 aliphatic rings. The number of hydrogen-bond donors (Lipinski definition) is 2. The first-order valence-corrected chi connectivity index (χ1v) is 1.64. The maximum absolute atomic E-state index is 5.11. The van der Waals surface area contributed by atoms with Crippen molar-refractivity contribution in [2.75, 3.05) is 5.73 Å². The normalized spacial score (nSPS) is 5.20. The summed E-state index contributed by atoms with van der Waals surface area (Å²) in [7, 11) is 0. The van der Waals surface area contributed by atoms with Gasteiger partial charge in [0.25, 0.3) is 0 Å². The van der Waals surface area contributed by atoms with Crippen molar-refractivity contribution >= 4 is 43.2 Å². The van der Waals surface area contributed by atoms with E-state index in [9.17, 15) is 0 Å². The molecule has 0 bridgehead atoms. The Labute approximate surface area is 77.1 Å². The number of nitrogen functional groups attached to an aromatic ring is 1. The predicted octanol–water partition coefficient (Wildman–Crippen LogP) is 0.433. The van der Waals surface area contributed by atoms with Crippen molar-refractivity contribution in [3.8, 4) is 0 Å². The molecular formula is C3H10Cl3N3O. The summed E-state index contributed by atoms with van der Waals surface area (Å²) in [5, 5.41) is 0. The van der Waals surface area contributed by atoms with Gasteiger partial charge in [-0.3, -0.25) is 0 Å². The first-order chi connectivity index (χ1) is 2.89. The van der Waals surface area contributed by atoms with E-state index in [1.807, 2.05) is 0 Å². The Balaban J connectivity index is -0.0000000450. The summed E-state index contributed by atoms with van der Waals surface area (Å²) in [6.45, 7) is 0. The summed E-state index contributed by atoms with van der Waals surface area (Å²) in [6, 6.07) is 0. The predicted molar refractivity (Wildman–Crippen MR) is 48.4 cm³/mol. The van der Waals surface area contributed by atoms with Gasteiger partial charge in [0.05, 0.1) is 0 Å². The monoisotopic (exact) mass is 209 g/mol. The van der Waals surface area contributed by atoms with Crippen LogP contribution in [0.15, 0.2) is 12.4 Å². The third kappa shape index (κ3) is 7.84. The zero-order valence-electron chi connectivity index (χ0n) is 4.90. The Bertz CT molecular complexity index is 123. The van der Waals surface area contributed by atoms with Gasteiger partial charge in [0, 0.05) is 12.4 Å². The van der Waals surface area contributed by atoms with Crippen LogP contribution in [0.2, 0.25) is 0 Å². The minimum atomic E-state index is 0. The molecule has 0 unspecified atom stereocenters. The Morgan fingerprint density at radius 2 is 1.80 bits per heavy atom. The van der Waals surface area contributed by atoms with Gasteiger partial charge in [-0.1, -0.05) is 0 Å². The minimum Gasteiger partial charge on any atom is -0.412 e. The molecule has 0 fully saturated rings. The highest BCUT2D eigenvalue weighted by atomic mass is 35.5. The van der Waals surface area contributed by atoms with Crippen LogP contribution in [-0.2, 0) is 0 Å². The number of nitrogens with two attached hydrogens (primary N) is 1. The molecule has 0 amide bonds. The summed E-state index contributed by atoms with van der Waals surface area (Å²) in [6.07, 6.45) is 3.28. The molecule has 0 aliphatic carbocycles. The number of aromatic amines is 1. The first kappa shape index (κ1) is 22.5. The van der Waals surface area contributed by atoms with Crippen LogP contribution in [-0.4, -0.2) is 15.4 Å². The Morgan fingerprint density at radius 1 is 1.30 bits per heavy atom. The van der Waals surface area contributed by atoms with Crippen LogP contribution < -0.4 is 5.73 Å². The van der Waals surface area contributed by atoms with Crippen molar-refractivity contribution in [3.05, 3.63) is 12.4 Å². The molecule has 10 heavy (non-hydrogen) atoms. The molecule has 7 heteroatoms. The molecule has 0 spiro atoms. The van der Waals surface area contributed by atoms with E-state index < -0.39 is 0 Å². The largest absolute Gasteiger partial charge is 0.412 e. The minimum absolute atomic E-state index is 0. The number of aromatic nitrogens is 2. The van der Waals surface area contributed by atoms with E-state index >= 15 is 0 Å². The first-order valence-electron chi connectivity index (χ1n) is 1.64. The SMILES string of the molecule is Cl.Cl.Cl.Nc1ncc[nH]1.O. The fraction of sp³-hybridized carbons (Fsp3) is 0. The smallest absolute Gasteiger partial charge is 0.197 e. The van der Waals surface area contributed by atoms with Crippen LogP contribution in [0.1, 0.15) is 0 Å². The summed E-state index contributed by atoms with van der Waals surface area (Å²) in [4.78, 5) is 6.31. The van der Waals surface area contributed by atoms with Crippen molar-refractivity contribution in [2.45, 2.75) is 0 Å². The van der Waals surface area contributed by atoms with Crippen molar-refractivity contribution in [1.29, 1.82) is 0 Å². The zero-order chi connectivity index (χ0) is 4.41. The second-order valence-electron chi connectivity index (χ2n) is 0.974. The van der Waals surface area contributed by atoms with Crippen LogP contribution in [0.4, 0.5) is 5.95 Å². The molecule has 0 aromatic carbocycles. The summed E-state index contributed by atoms with van der Waals surface area (Å²) in [5.41, 5.74) is 5.11. The van der Waals surface area contributed by atoms with E-state index in [0.717, 1.165) is 0 Å². The van der Waals surface area contributed by atoms with Crippen LogP contribution in [0.5, 0.6) is 0 Å². The Kier molecular flexibility index (Phi) is 26.2. The highest BCUT2D eigenvalue weighted by Crippen LogP contribution is 1.81. The third-order valence-corrected chi connectivity index (χ3v) is 0.519. The van der Waals surface area contributed by atoms with E-state index in [4.69, 9.17) is 5.73 Å². The second-order valence-corrected chi connectivity index (χ2v) is 0.974. The number of hydrogen-bond acceptors (Lipinski definition) is 2. The van der Waals surface area contributed by atoms with Crippen LogP contribution >= 0.6 is 37.2 Å². The van der Waals surface area contributed by atoms with Crippen molar-refractivity contribution in [1.82, 2.24) is 9.97 Å². The summed E-state index contributed by atoms with van der Waals surface area (Å²) >= 11 is 0. The average Bonchev–Trinajstić information content (AvgIpc) is 1.86. The maximum atomic E-state index is 5.11. The molecule has 0 saturated carbocycles. The van der Waals surface area contributed by atoms with Gasteiger partial charge < -0.3 is 16.2 Å². The fourth-order valence-electron chi connectivity index (χ4n) is 0.277. The van der Waals surface area contributed by atoms with E-state index in [0.29, 0.717) is 5.95 Å². The molecule has 64 valence electrons. The van der Waals surface area contributed by atoms with Crippen LogP contribution in [0, 0.1) is 0 Å². The van der Waals surface area contributed by atoms with Gasteiger partial charge in [-0.15, -0.1) is 37.2 Å². The van der Waals surface area contributed by atoms with Crippen LogP contribution in [0.3, 0.4) is 0 Å². The topological polar surface area (TPSA) is 86.2 Å². The van der Waals surface area contributed by atoms with E-state index in [1.54, 1.807) is 12.4 Å². The number of H-pyrrole nitrogens is 1. The Hall–Kier alpha value is -0.160. The van der Waals surface area contributed by atoms with Gasteiger partial charge >= 0.3 is 0 Å². The lowest BCUT2D eigenvalue weighted by molar-refractivity contribution is 0.824. The van der Waals surface area contributed by atoms with Crippen molar-refractivity contribution in [2.24, 2.45) is 0 Å². The van der Waals surface area contributed by atoms with E-state index in [1.165, 1.54) is 0 Å².